The van der Waals surface area contributed by atoms with Crippen LogP contribution in [-0.4, -0.2) is 16.3 Å². The molecular formula is C13H11BrN2O3. The van der Waals surface area contributed by atoms with E-state index < -0.39 is 5.56 Å². The van der Waals surface area contributed by atoms with Crippen LogP contribution >= 0.6 is 15.9 Å². The minimum atomic E-state index is -0.432. The van der Waals surface area contributed by atoms with Gasteiger partial charge in [-0.05, 0) is 46.5 Å². The van der Waals surface area contributed by atoms with E-state index in [0.717, 1.165) is 23.0 Å². The summed E-state index contributed by atoms with van der Waals surface area (Å²) in [6.45, 7) is 0. The SMILES string of the molecule is O=Cc1ccc(OC2CCc3c(Br)c[nH]c32)[nH]c1=O. The van der Waals surface area contributed by atoms with Crippen LogP contribution in [0.15, 0.2) is 27.6 Å². The Morgan fingerprint density at radius 2 is 2.26 bits per heavy atom. The Morgan fingerprint density at radius 3 is 3.00 bits per heavy atom. The zero-order chi connectivity index (χ0) is 13.4. The van der Waals surface area contributed by atoms with Gasteiger partial charge in [0.25, 0.3) is 5.56 Å². The van der Waals surface area contributed by atoms with Gasteiger partial charge in [-0.1, -0.05) is 0 Å². The predicted molar refractivity (Wildman–Crippen MR) is 72.6 cm³/mol. The number of ether oxygens (including phenoxy) is 1. The van der Waals surface area contributed by atoms with Crippen LogP contribution < -0.4 is 10.3 Å². The quantitative estimate of drug-likeness (QED) is 0.852. The summed E-state index contributed by atoms with van der Waals surface area (Å²) in [6, 6.07) is 3.06. The molecule has 0 saturated carbocycles. The Bertz CT molecular complexity index is 689. The molecule has 3 rings (SSSR count). The molecule has 2 heterocycles. The average molecular weight is 323 g/mol. The lowest BCUT2D eigenvalue weighted by molar-refractivity contribution is 0.112. The monoisotopic (exact) mass is 322 g/mol. The van der Waals surface area contributed by atoms with Crippen LogP contribution in [0.1, 0.15) is 34.1 Å². The molecule has 1 unspecified atom stereocenters. The molecule has 98 valence electrons. The Hall–Kier alpha value is -1.82. The number of halogens is 1. The van der Waals surface area contributed by atoms with Crippen molar-refractivity contribution in [2.45, 2.75) is 18.9 Å². The summed E-state index contributed by atoms with van der Waals surface area (Å²) < 4.78 is 6.83. The number of pyridine rings is 1. The van der Waals surface area contributed by atoms with Gasteiger partial charge < -0.3 is 9.72 Å². The zero-order valence-electron chi connectivity index (χ0n) is 9.90. The fourth-order valence-corrected chi connectivity index (χ4v) is 2.83. The van der Waals surface area contributed by atoms with Crippen LogP contribution in [0, 0.1) is 0 Å². The van der Waals surface area contributed by atoms with Gasteiger partial charge in [-0.25, -0.2) is 0 Å². The van der Waals surface area contributed by atoms with Gasteiger partial charge >= 0.3 is 0 Å². The number of carbonyl (C=O) groups is 1. The highest BCUT2D eigenvalue weighted by Gasteiger charge is 2.27. The maximum absolute atomic E-state index is 11.5. The topological polar surface area (TPSA) is 75.0 Å². The summed E-state index contributed by atoms with van der Waals surface area (Å²) in [5, 5.41) is 0. The molecule has 0 radical (unpaired) electrons. The number of nitrogens with one attached hydrogen (secondary N) is 2. The summed E-state index contributed by atoms with van der Waals surface area (Å²) in [5.41, 5.74) is 1.92. The van der Waals surface area contributed by atoms with Crippen molar-refractivity contribution < 1.29 is 9.53 Å². The molecule has 1 atom stereocenters. The molecule has 0 fully saturated rings. The third-order valence-electron chi connectivity index (χ3n) is 3.26. The smallest absolute Gasteiger partial charge is 0.261 e. The van der Waals surface area contributed by atoms with Crippen molar-refractivity contribution in [3.63, 3.8) is 0 Å². The van der Waals surface area contributed by atoms with Gasteiger partial charge in [0.2, 0.25) is 0 Å². The van der Waals surface area contributed by atoms with Crippen LogP contribution in [-0.2, 0) is 6.42 Å². The van der Waals surface area contributed by atoms with Gasteiger partial charge in [-0.2, -0.15) is 0 Å². The van der Waals surface area contributed by atoms with Gasteiger partial charge in [0.15, 0.2) is 12.2 Å². The number of carbonyl (C=O) groups excluding carboxylic acids is 1. The van der Waals surface area contributed by atoms with E-state index in [1.54, 1.807) is 6.07 Å². The molecule has 5 nitrogen and oxygen atoms in total. The summed E-state index contributed by atoms with van der Waals surface area (Å²) in [5.74, 6) is 0.374. The molecule has 0 amide bonds. The molecule has 2 aromatic heterocycles. The number of aldehydes is 1. The molecule has 2 N–H and O–H groups in total. The molecular weight excluding hydrogens is 312 g/mol. The second kappa shape index (κ2) is 4.70. The van der Waals surface area contributed by atoms with Crippen molar-refractivity contribution in [2.75, 3.05) is 0 Å². The van der Waals surface area contributed by atoms with Crippen molar-refractivity contribution in [3.8, 4) is 5.88 Å². The maximum atomic E-state index is 11.5. The van der Waals surface area contributed by atoms with E-state index in [1.165, 1.54) is 11.6 Å². The number of H-pyrrole nitrogens is 2. The first-order valence-corrected chi connectivity index (χ1v) is 6.69. The number of aromatic amines is 2. The number of fused-ring (bicyclic) bond motifs is 1. The van der Waals surface area contributed by atoms with Crippen LogP contribution in [0.2, 0.25) is 0 Å². The third-order valence-corrected chi connectivity index (χ3v) is 3.96. The largest absolute Gasteiger partial charge is 0.469 e. The number of hydrogen-bond acceptors (Lipinski definition) is 3. The van der Waals surface area contributed by atoms with Gasteiger partial charge in [0.05, 0.1) is 11.3 Å². The number of rotatable bonds is 3. The summed E-state index contributed by atoms with van der Waals surface area (Å²) in [6.07, 6.45) is 4.11. The second-order valence-corrected chi connectivity index (χ2v) is 5.25. The highest BCUT2D eigenvalue weighted by Crippen LogP contribution is 2.37. The van der Waals surface area contributed by atoms with E-state index in [0.29, 0.717) is 12.2 Å². The molecule has 19 heavy (non-hydrogen) atoms. The molecule has 0 spiro atoms. The number of hydrogen-bond donors (Lipinski definition) is 2. The van der Waals surface area contributed by atoms with E-state index in [4.69, 9.17) is 4.74 Å². The standard InChI is InChI=1S/C13H11BrN2O3/c14-9-5-15-12-8(9)2-3-10(12)19-11-4-1-7(6-17)13(18)16-11/h1,4-6,10,15H,2-3H2,(H,16,18). The van der Waals surface area contributed by atoms with Crippen molar-refractivity contribution in [2.24, 2.45) is 0 Å². The van der Waals surface area contributed by atoms with Gasteiger partial charge in [-0.15, -0.1) is 0 Å². The Labute approximate surface area is 117 Å². The minimum Gasteiger partial charge on any atom is -0.469 e. The van der Waals surface area contributed by atoms with Gasteiger partial charge in [0, 0.05) is 10.7 Å². The van der Waals surface area contributed by atoms with Crippen molar-refractivity contribution in [1.82, 2.24) is 9.97 Å². The Balaban J connectivity index is 1.85. The first-order chi connectivity index (χ1) is 9.19. The van der Waals surface area contributed by atoms with E-state index in [1.807, 2.05) is 6.20 Å². The van der Waals surface area contributed by atoms with Crippen LogP contribution in [0.4, 0.5) is 0 Å². The number of aromatic nitrogens is 2. The lowest BCUT2D eigenvalue weighted by Crippen LogP contribution is -2.14. The zero-order valence-corrected chi connectivity index (χ0v) is 11.5. The van der Waals surface area contributed by atoms with Crippen LogP contribution in [0.25, 0.3) is 0 Å². The second-order valence-electron chi connectivity index (χ2n) is 4.40. The fraction of sp³-hybridized carbons (Fsp3) is 0.231. The van der Waals surface area contributed by atoms with E-state index >= 15 is 0 Å². The van der Waals surface area contributed by atoms with Crippen molar-refractivity contribution in [1.29, 1.82) is 0 Å². The van der Waals surface area contributed by atoms with E-state index in [-0.39, 0.29) is 11.7 Å². The first kappa shape index (κ1) is 12.2. The Kier molecular flexibility index (Phi) is 3.02. The maximum Gasteiger partial charge on any atom is 0.261 e. The molecule has 0 aliphatic heterocycles. The molecule has 0 bridgehead atoms. The van der Waals surface area contributed by atoms with Crippen molar-refractivity contribution >= 4 is 22.2 Å². The molecule has 1 aliphatic carbocycles. The molecule has 0 saturated heterocycles. The fourth-order valence-electron chi connectivity index (χ4n) is 2.30. The summed E-state index contributed by atoms with van der Waals surface area (Å²) >= 11 is 3.48. The molecule has 2 aromatic rings. The summed E-state index contributed by atoms with van der Waals surface area (Å²) in [7, 11) is 0. The van der Waals surface area contributed by atoms with E-state index in [9.17, 15) is 9.59 Å². The lowest BCUT2D eigenvalue weighted by atomic mass is 10.3. The van der Waals surface area contributed by atoms with Crippen LogP contribution in [0.5, 0.6) is 5.88 Å². The van der Waals surface area contributed by atoms with Gasteiger partial charge in [0.1, 0.15) is 6.10 Å². The summed E-state index contributed by atoms with van der Waals surface area (Å²) in [4.78, 5) is 27.8. The van der Waals surface area contributed by atoms with Gasteiger partial charge in [-0.3, -0.25) is 14.6 Å². The highest BCUT2D eigenvalue weighted by molar-refractivity contribution is 9.10. The predicted octanol–water partition coefficient (Wildman–Crippen LogP) is 2.34. The van der Waals surface area contributed by atoms with E-state index in [2.05, 4.69) is 25.9 Å². The third kappa shape index (κ3) is 2.12. The first-order valence-electron chi connectivity index (χ1n) is 5.90. The normalized spacial score (nSPS) is 17.2. The lowest BCUT2D eigenvalue weighted by Gasteiger charge is -2.13. The highest BCUT2D eigenvalue weighted by atomic mass is 79.9. The Morgan fingerprint density at radius 1 is 1.42 bits per heavy atom. The van der Waals surface area contributed by atoms with Crippen LogP contribution in [0.3, 0.4) is 0 Å². The molecule has 0 aromatic carbocycles. The minimum absolute atomic E-state index is 0.0981. The molecule has 1 aliphatic rings. The molecule has 6 heteroatoms. The average Bonchev–Trinajstić information content (AvgIpc) is 2.95. The van der Waals surface area contributed by atoms with Crippen molar-refractivity contribution in [3.05, 3.63) is 50.0 Å².